The summed E-state index contributed by atoms with van der Waals surface area (Å²) in [5.41, 5.74) is 4.19. The molecule has 1 nitrogen and oxygen atoms in total. The molecule has 0 N–H and O–H groups in total. The molecule has 1 heteroatoms. The molecule has 0 aliphatic rings. The molecule has 14 heavy (non-hydrogen) atoms. The second kappa shape index (κ2) is 4.31. The van der Waals surface area contributed by atoms with Crippen molar-refractivity contribution in [2.24, 2.45) is 0 Å². The van der Waals surface area contributed by atoms with E-state index >= 15 is 0 Å². The quantitative estimate of drug-likeness (QED) is 0.647. The lowest BCUT2D eigenvalue weighted by Gasteiger charge is -1.86. The minimum absolute atomic E-state index is 0.817. The van der Waals surface area contributed by atoms with Crippen LogP contribution in [0, 0.1) is 0 Å². The van der Waals surface area contributed by atoms with E-state index in [1.165, 1.54) is 0 Å². The number of furan rings is 1. The van der Waals surface area contributed by atoms with Gasteiger partial charge in [-0.3, -0.25) is 0 Å². The van der Waals surface area contributed by atoms with Gasteiger partial charge in [0, 0.05) is 6.08 Å². The molecule has 1 heterocycles. The molecule has 0 radical (unpaired) electrons. The number of benzene rings is 1. The molecule has 68 valence electrons. The predicted octanol–water partition coefficient (Wildman–Crippen LogP) is 3.61. The van der Waals surface area contributed by atoms with Crippen molar-refractivity contribution < 1.29 is 4.42 Å². The first-order chi connectivity index (χ1) is 6.95. The summed E-state index contributed by atoms with van der Waals surface area (Å²) in [5.74, 6) is 0.817. The van der Waals surface area contributed by atoms with E-state index in [0.717, 1.165) is 11.3 Å². The van der Waals surface area contributed by atoms with Gasteiger partial charge in [0.05, 0.1) is 6.26 Å². The average Bonchev–Trinajstić information content (AvgIpc) is 2.72. The molecule has 0 spiro atoms. The highest BCUT2D eigenvalue weighted by Crippen LogP contribution is 2.03. The number of hydrogen-bond acceptors (Lipinski definition) is 1. The zero-order valence-electron chi connectivity index (χ0n) is 7.68. The van der Waals surface area contributed by atoms with Crippen LogP contribution < -0.4 is 0 Å². The Kier molecular flexibility index (Phi) is 2.65. The molecule has 2 aromatic rings. The number of rotatable bonds is 2. The van der Waals surface area contributed by atoms with Gasteiger partial charge in [-0.1, -0.05) is 30.3 Å². The Hall–Kier alpha value is -1.98. The summed E-state index contributed by atoms with van der Waals surface area (Å²) in [6, 6.07) is 13.8. The minimum Gasteiger partial charge on any atom is -0.464 e. The SMILES string of the molecule is C(=Cc1ccccc1)=Cc1ccco1. The molecule has 0 unspecified atom stereocenters. The van der Waals surface area contributed by atoms with Crippen molar-refractivity contribution >= 4 is 12.2 Å². The van der Waals surface area contributed by atoms with Gasteiger partial charge in [0.15, 0.2) is 0 Å². The summed E-state index contributed by atoms with van der Waals surface area (Å²) in [5, 5.41) is 0. The third-order valence-corrected chi connectivity index (χ3v) is 1.82. The molecule has 1 aromatic heterocycles. The van der Waals surface area contributed by atoms with E-state index in [-0.39, 0.29) is 0 Å². The average molecular weight is 182 g/mol. The van der Waals surface area contributed by atoms with Gasteiger partial charge < -0.3 is 4.42 Å². The topological polar surface area (TPSA) is 13.1 Å². The standard InChI is InChI=1S/C13H10O/c1-2-6-12(7-3-1)8-4-9-13-10-5-11-14-13/h1-3,5-11H. The first-order valence-electron chi connectivity index (χ1n) is 4.46. The fraction of sp³-hybridized carbons (Fsp3) is 0. The second-order valence-corrected chi connectivity index (χ2v) is 2.88. The third kappa shape index (κ3) is 2.25. The maximum atomic E-state index is 5.13. The second-order valence-electron chi connectivity index (χ2n) is 2.88. The van der Waals surface area contributed by atoms with E-state index in [4.69, 9.17) is 4.42 Å². The van der Waals surface area contributed by atoms with Gasteiger partial charge in [0.2, 0.25) is 0 Å². The number of hydrogen-bond donors (Lipinski definition) is 0. The highest BCUT2D eigenvalue weighted by molar-refractivity contribution is 5.54. The molecule has 0 saturated heterocycles. The van der Waals surface area contributed by atoms with Crippen molar-refractivity contribution in [3.63, 3.8) is 0 Å². The van der Waals surface area contributed by atoms with Crippen LogP contribution in [0.2, 0.25) is 0 Å². The van der Waals surface area contributed by atoms with E-state index < -0.39 is 0 Å². The van der Waals surface area contributed by atoms with Gasteiger partial charge >= 0.3 is 0 Å². The Morgan fingerprint density at radius 2 is 1.79 bits per heavy atom. The van der Waals surface area contributed by atoms with Crippen molar-refractivity contribution in [3.8, 4) is 0 Å². The van der Waals surface area contributed by atoms with E-state index in [0.29, 0.717) is 0 Å². The van der Waals surface area contributed by atoms with Crippen molar-refractivity contribution in [1.82, 2.24) is 0 Å². The summed E-state index contributed by atoms with van der Waals surface area (Å²) in [7, 11) is 0. The molecule has 0 aliphatic heterocycles. The van der Waals surface area contributed by atoms with Crippen molar-refractivity contribution in [3.05, 3.63) is 65.8 Å². The molecular weight excluding hydrogens is 172 g/mol. The maximum Gasteiger partial charge on any atom is 0.134 e. The summed E-state index contributed by atoms with van der Waals surface area (Å²) in [6.07, 6.45) is 5.38. The van der Waals surface area contributed by atoms with Gasteiger partial charge in [-0.25, -0.2) is 0 Å². The zero-order valence-corrected chi connectivity index (χ0v) is 7.68. The predicted molar refractivity (Wildman–Crippen MR) is 57.6 cm³/mol. The molecule has 2 rings (SSSR count). The van der Waals surface area contributed by atoms with E-state index in [1.807, 2.05) is 54.6 Å². The molecule has 0 aliphatic carbocycles. The highest BCUT2D eigenvalue weighted by atomic mass is 16.3. The molecule has 1 aromatic carbocycles. The van der Waals surface area contributed by atoms with Crippen LogP contribution in [-0.2, 0) is 0 Å². The van der Waals surface area contributed by atoms with Crippen LogP contribution in [0.25, 0.3) is 12.2 Å². The lowest BCUT2D eigenvalue weighted by Crippen LogP contribution is -1.65. The minimum atomic E-state index is 0.817. The van der Waals surface area contributed by atoms with Crippen LogP contribution in [0.5, 0.6) is 0 Å². The molecule has 0 amide bonds. The molecule has 0 saturated carbocycles. The lowest BCUT2D eigenvalue weighted by molar-refractivity contribution is 0.557. The Bertz CT molecular complexity index is 431. The van der Waals surface area contributed by atoms with Crippen LogP contribution in [-0.4, -0.2) is 0 Å². The molecule has 0 bridgehead atoms. The first kappa shape index (κ1) is 8.61. The van der Waals surface area contributed by atoms with E-state index in [2.05, 4.69) is 5.73 Å². The Morgan fingerprint density at radius 3 is 2.50 bits per heavy atom. The van der Waals surface area contributed by atoms with Gasteiger partial charge in [-0.05, 0) is 23.8 Å². The Labute approximate surface area is 83.0 Å². The van der Waals surface area contributed by atoms with Crippen LogP contribution in [0.4, 0.5) is 0 Å². The van der Waals surface area contributed by atoms with Crippen LogP contribution in [0.3, 0.4) is 0 Å². The van der Waals surface area contributed by atoms with Gasteiger partial charge in [0.25, 0.3) is 0 Å². The molecular formula is C13H10O. The van der Waals surface area contributed by atoms with E-state index in [1.54, 1.807) is 6.26 Å². The van der Waals surface area contributed by atoms with Gasteiger partial charge in [0.1, 0.15) is 5.76 Å². The maximum absolute atomic E-state index is 5.13. The monoisotopic (exact) mass is 182 g/mol. The summed E-state index contributed by atoms with van der Waals surface area (Å²) in [6.45, 7) is 0. The Balaban J connectivity index is 2.15. The molecule has 0 atom stereocenters. The third-order valence-electron chi connectivity index (χ3n) is 1.82. The summed E-state index contributed by atoms with van der Waals surface area (Å²) in [4.78, 5) is 0. The fourth-order valence-corrected chi connectivity index (χ4v) is 1.14. The van der Waals surface area contributed by atoms with Crippen LogP contribution >= 0.6 is 0 Å². The normalized spacial score (nSPS) is 9.14. The fourth-order valence-electron chi connectivity index (χ4n) is 1.14. The van der Waals surface area contributed by atoms with Crippen molar-refractivity contribution in [2.75, 3.05) is 0 Å². The van der Waals surface area contributed by atoms with Gasteiger partial charge in [-0.15, -0.1) is 5.73 Å². The highest BCUT2D eigenvalue weighted by Gasteiger charge is 1.84. The first-order valence-corrected chi connectivity index (χ1v) is 4.46. The van der Waals surface area contributed by atoms with E-state index in [9.17, 15) is 0 Å². The lowest BCUT2D eigenvalue weighted by atomic mass is 10.2. The molecule has 0 fully saturated rings. The summed E-state index contributed by atoms with van der Waals surface area (Å²) < 4.78 is 5.13. The van der Waals surface area contributed by atoms with Crippen LogP contribution in [0.1, 0.15) is 11.3 Å². The largest absolute Gasteiger partial charge is 0.464 e. The summed E-state index contributed by atoms with van der Waals surface area (Å²) >= 11 is 0. The Morgan fingerprint density at radius 1 is 0.929 bits per heavy atom. The van der Waals surface area contributed by atoms with Crippen molar-refractivity contribution in [2.45, 2.75) is 0 Å². The van der Waals surface area contributed by atoms with Crippen LogP contribution in [0.15, 0.2) is 58.9 Å². The van der Waals surface area contributed by atoms with Crippen molar-refractivity contribution in [1.29, 1.82) is 0 Å². The van der Waals surface area contributed by atoms with Gasteiger partial charge in [-0.2, -0.15) is 0 Å². The zero-order chi connectivity index (χ0) is 9.64. The smallest absolute Gasteiger partial charge is 0.134 e.